The minimum Gasteiger partial charge on any atom is -0.360 e. The number of nitrogens with zero attached hydrogens (tertiary/aromatic N) is 2. The van der Waals surface area contributed by atoms with Crippen LogP contribution in [0.4, 0.5) is 5.69 Å². The summed E-state index contributed by atoms with van der Waals surface area (Å²) in [5.41, 5.74) is 1.26. The maximum absolute atomic E-state index is 4.04. The normalized spacial score (nSPS) is 16.9. The van der Waals surface area contributed by atoms with Gasteiger partial charge >= 0.3 is 0 Å². The standard InChI is InChI=1S/C8H9BrN2S/c9-7-5-10-2-1-8(7)11-3-4-12-6-11/h1-2,5H,3-4,6H2. The van der Waals surface area contributed by atoms with Crippen LogP contribution in [-0.4, -0.2) is 23.2 Å². The summed E-state index contributed by atoms with van der Waals surface area (Å²) in [5, 5.41) is 0. The second-order valence-corrected chi connectivity index (χ2v) is 4.56. The van der Waals surface area contributed by atoms with Gasteiger partial charge in [0.2, 0.25) is 0 Å². The number of thioether (sulfide) groups is 1. The highest BCUT2D eigenvalue weighted by Crippen LogP contribution is 2.28. The van der Waals surface area contributed by atoms with Gasteiger partial charge in [0.05, 0.1) is 16.0 Å². The van der Waals surface area contributed by atoms with Crippen molar-refractivity contribution in [2.45, 2.75) is 0 Å². The topological polar surface area (TPSA) is 16.1 Å². The van der Waals surface area contributed by atoms with Crippen molar-refractivity contribution in [1.82, 2.24) is 4.98 Å². The fraction of sp³-hybridized carbons (Fsp3) is 0.375. The highest BCUT2D eigenvalue weighted by molar-refractivity contribution is 9.10. The van der Waals surface area contributed by atoms with Crippen molar-refractivity contribution < 1.29 is 0 Å². The molecule has 2 nitrogen and oxygen atoms in total. The Labute approximate surface area is 84.5 Å². The molecule has 1 saturated heterocycles. The van der Waals surface area contributed by atoms with Crippen molar-refractivity contribution in [2.75, 3.05) is 23.1 Å². The van der Waals surface area contributed by atoms with Gasteiger partial charge in [-0.1, -0.05) is 0 Å². The van der Waals surface area contributed by atoms with Gasteiger partial charge in [0, 0.05) is 24.7 Å². The van der Waals surface area contributed by atoms with Gasteiger partial charge in [-0.3, -0.25) is 4.98 Å². The molecule has 0 atom stereocenters. The average molecular weight is 245 g/mol. The molecule has 2 rings (SSSR count). The summed E-state index contributed by atoms with van der Waals surface area (Å²) in [7, 11) is 0. The minimum absolute atomic E-state index is 1.09. The van der Waals surface area contributed by atoms with Gasteiger partial charge in [-0.25, -0.2) is 0 Å². The molecule has 0 bridgehead atoms. The second kappa shape index (κ2) is 3.66. The zero-order chi connectivity index (χ0) is 8.39. The molecule has 4 heteroatoms. The van der Waals surface area contributed by atoms with Crippen LogP contribution < -0.4 is 4.90 Å². The summed E-state index contributed by atoms with van der Waals surface area (Å²) >= 11 is 5.46. The van der Waals surface area contributed by atoms with Crippen LogP contribution in [0, 0.1) is 0 Å². The molecule has 0 spiro atoms. The number of hydrogen-bond donors (Lipinski definition) is 0. The summed E-state index contributed by atoms with van der Waals surface area (Å²) in [6.07, 6.45) is 3.68. The van der Waals surface area contributed by atoms with Crippen LogP contribution >= 0.6 is 27.7 Å². The molecular weight excluding hydrogens is 236 g/mol. The lowest BCUT2D eigenvalue weighted by Gasteiger charge is -2.17. The third kappa shape index (κ3) is 1.59. The average Bonchev–Trinajstić information content (AvgIpc) is 2.57. The first kappa shape index (κ1) is 8.38. The van der Waals surface area contributed by atoms with Crippen molar-refractivity contribution in [3.05, 3.63) is 22.9 Å². The smallest absolute Gasteiger partial charge is 0.0640 e. The fourth-order valence-corrected chi connectivity index (χ4v) is 2.70. The molecule has 12 heavy (non-hydrogen) atoms. The summed E-state index contributed by atoms with van der Waals surface area (Å²) in [4.78, 5) is 6.39. The van der Waals surface area contributed by atoms with Crippen molar-refractivity contribution in [3.63, 3.8) is 0 Å². The van der Waals surface area contributed by atoms with Crippen molar-refractivity contribution >= 4 is 33.4 Å². The van der Waals surface area contributed by atoms with Crippen molar-refractivity contribution in [2.24, 2.45) is 0 Å². The maximum atomic E-state index is 4.04. The Kier molecular flexibility index (Phi) is 2.56. The fourth-order valence-electron chi connectivity index (χ4n) is 1.23. The number of halogens is 1. The number of aromatic nitrogens is 1. The Morgan fingerprint density at radius 1 is 1.58 bits per heavy atom. The van der Waals surface area contributed by atoms with Gasteiger partial charge in [0.1, 0.15) is 0 Å². The van der Waals surface area contributed by atoms with E-state index in [2.05, 4.69) is 31.9 Å². The van der Waals surface area contributed by atoms with Crippen molar-refractivity contribution in [1.29, 1.82) is 0 Å². The Morgan fingerprint density at radius 3 is 3.17 bits per heavy atom. The second-order valence-electron chi connectivity index (χ2n) is 2.63. The largest absolute Gasteiger partial charge is 0.360 e. The lowest BCUT2D eigenvalue weighted by atomic mass is 10.4. The molecule has 1 aromatic rings. The number of anilines is 1. The molecule has 64 valence electrons. The Balaban J connectivity index is 2.26. The Morgan fingerprint density at radius 2 is 2.50 bits per heavy atom. The van der Waals surface area contributed by atoms with E-state index >= 15 is 0 Å². The van der Waals surface area contributed by atoms with E-state index < -0.39 is 0 Å². The van der Waals surface area contributed by atoms with Gasteiger partial charge in [0.15, 0.2) is 0 Å². The SMILES string of the molecule is Brc1cnccc1N1CCSC1. The van der Waals surface area contributed by atoms with E-state index in [4.69, 9.17) is 0 Å². The van der Waals surface area contributed by atoms with Crippen LogP contribution in [0.2, 0.25) is 0 Å². The van der Waals surface area contributed by atoms with E-state index in [1.54, 1.807) is 0 Å². The molecule has 0 aliphatic carbocycles. The lowest BCUT2D eigenvalue weighted by molar-refractivity contribution is 0.985. The first-order valence-electron chi connectivity index (χ1n) is 3.80. The lowest BCUT2D eigenvalue weighted by Crippen LogP contribution is -2.18. The molecule has 2 heterocycles. The third-order valence-electron chi connectivity index (χ3n) is 1.84. The molecule has 0 aromatic carbocycles. The Hall–Kier alpha value is -0.220. The predicted molar refractivity (Wildman–Crippen MR) is 56.6 cm³/mol. The molecule has 1 fully saturated rings. The molecule has 1 aliphatic heterocycles. The molecule has 1 aliphatic rings. The van der Waals surface area contributed by atoms with Gasteiger partial charge in [-0.15, -0.1) is 11.8 Å². The van der Waals surface area contributed by atoms with Gasteiger partial charge in [0.25, 0.3) is 0 Å². The number of hydrogen-bond acceptors (Lipinski definition) is 3. The highest BCUT2D eigenvalue weighted by Gasteiger charge is 2.14. The summed E-state index contributed by atoms with van der Waals surface area (Å²) in [5.74, 6) is 2.33. The van der Waals surface area contributed by atoms with Gasteiger partial charge < -0.3 is 4.90 Å². The molecular formula is C8H9BrN2S. The van der Waals surface area contributed by atoms with E-state index in [9.17, 15) is 0 Å². The predicted octanol–water partition coefficient (Wildman–Crippen LogP) is 2.35. The zero-order valence-corrected chi connectivity index (χ0v) is 8.94. The molecule has 0 N–H and O–H groups in total. The van der Waals surface area contributed by atoms with Crippen LogP contribution in [0.3, 0.4) is 0 Å². The molecule has 1 aromatic heterocycles. The van der Waals surface area contributed by atoms with Crippen LogP contribution in [0.5, 0.6) is 0 Å². The summed E-state index contributed by atoms with van der Waals surface area (Å²) in [6, 6.07) is 2.05. The minimum atomic E-state index is 1.09. The highest BCUT2D eigenvalue weighted by atomic mass is 79.9. The quantitative estimate of drug-likeness (QED) is 0.755. The summed E-state index contributed by atoms with van der Waals surface area (Å²) in [6.45, 7) is 1.15. The van der Waals surface area contributed by atoms with E-state index in [-0.39, 0.29) is 0 Å². The van der Waals surface area contributed by atoms with E-state index in [0.29, 0.717) is 0 Å². The van der Waals surface area contributed by atoms with Gasteiger partial charge in [-0.2, -0.15) is 0 Å². The van der Waals surface area contributed by atoms with Crippen LogP contribution in [-0.2, 0) is 0 Å². The molecule has 0 unspecified atom stereocenters. The van der Waals surface area contributed by atoms with Crippen LogP contribution in [0.15, 0.2) is 22.9 Å². The third-order valence-corrected chi connectivity index (χ3v) is 3.42. The molecule has 0 radical (unpaired) electrons. The van der Waals surface area contributed by atoms with E-state index in [1.807, 2.05) is 24.2 Å². The van der Waals surface area contributed by atoms with Crippen molar-refractivity contribution in [3.8, 4) is 0 Å². The van der Waals surface area contributed by atoms with E-state index in [1.165, 1.54) is 11.4 Å². The van der Waals surface area contributed by atoms with Gasteiger partial charge in [-0.05, 0) is 22.0 Å². The number of rotatable bonds is 1. The Bertz CT molecular complexity index is 274. The number of pyridine rings is 1. The van der Waals surface area contributed by atoms with E-state index in [0.717, 1.165) is 16.9 Å². The van der Waals surface area contributed by atoms with Crippen LogP contribution in [0.1, 0.15) is 0 Å². The first-order chi connectivity index (χ1) is 5.88. The maximum Gasteiger partial charge on any atom is 0.0640 e. The molecule has 0 amide bonds. The first-order valence-corrected chi connectivity index (χ1v) is 5.75. The molecule has 0 saturated carbocycles. The zero-order valence-electron chi connectivity index (χ0n) is 6.53. The summed E-state index contributed by atoms with van der Waals surface area (Å²) < 4.78 is 1.09. The monoisotopic (exact) mass is 244 g/mol. The van der Waals surface area contributed by atoms with Crippen LogP contribution in [0.25, 0.3) is 0 Å².